The average Bonchev–Trinajstić information content (AvgIpc) is 2.49. The first-order valence-electron chi connectivity index (χ1n) is 7.63. The van der Waals surface area contributed by atoms with Crippen molar-refractivity contribution in [2.75, 3.05) is 6.61 Å². The Kier molecular flexibility index (Phi) is 6.96. The van der Waals surface area contributed by atoms with Gasteiger partial charge in [-0.15, -0.1) is 0 Å². The van der Waals surface area contributed by atoms with Crippen LogP contribution in [0.1, 0.15) is 46.2 Å². The lowest BCUT2D eigenvalue weighted by atomic mass is 9.73. The largest absolute Gasteiger partial charge is 0.466 e. The van der Waals surface area contributed by atoms with Crippen LogP contribution in [0.15, 0.2) is 6.07 Å². The van der Waals surface area contributed by atoms with Crippen LogP contribution in [0.3, 0.4) is 0 Å². The zero-order chi connectivity index (χ0) is 17.6. The highest BCUT2D eigenvalue weighted by Crippen LogP contribution is 2.36. The summed E-state index contributed by atoms with van der Waals surface area (Å²) in [6.07, 6.45) is 1.29. The second kappa shape index (κ2) is 8.26. The number of carbonyl (C=O) groups excluding carboxylic acids is 1. The fourth-order valence-electron chi connectivity index (χ4n) is 2.28. The number of carbonyl (C=O) groups is 1. The molecule has 0 saturated carbocycles. The van der Waals surface area contributed by atoms with E-state index >= 15 is 0 Å². The highest BCUT2D eigenvalue weighted by atomic mass is 35.5. The molecule has 0 aromatic carbocycles. The van der Waals surface area contributed by atoms with Gasteiger partial charge in [-0.1, -0.05) is 38.8 Å². The van der Waals surface area contributed by atoms with E-state index in [0.717, 1.165) is 12.5 Å². The molecule has 0 radical (unpaired) electrons. The van der Waals surface area contributed by atoms with Crippen molar-refractivity contribution in [1.29, 1.82) is 0 Å². The summed E-state index contributed by atoms with van der Waals surface area (Å²) in [6, 6.07) is 1.10. The third kappa shape index (κ3) is 5.18. The van der Waals surface area contributed by atoms with Gasteiger partial charge < -0.3 is 4.74 Å². The van der Waals surface area contributed by atoms with Gasteiger partial charge >= 0.3 is 5.97 Å². The smallest absolute Gasteiger partial charge is 0.306 e. The van der Waals surface area contributed by atoms with Gasteiger partial charge in [0.25, 0.3) is 0 Å². The maximum Gasteiger partial charge on any atom is 0.306 e. The molecule has 1 aromatic rings. The van der Waals surface area contributed by atoms with Crippen LogP contribution in [0.25, 0.3) is 4.85 Å². The molecule has 1 unspecified atom stereocenters. The van der Waals surface area contributed by atoms with Crippen LogP contribution in [-0.2, 0) is 16.0 Å². The first-order valence-corrected chi connectivity index (χ1v) is 8.00. The minimum atomic E-state index is -0.568. The molecule has 23 heavy (non-hydrogen) atoms. The maximum atomic E-state index is 14.2. The van der Waals surface area contributed by atoms with Gasteiger partial charge in [-0.25, -0.2) is 14.2 Å². The minimum Gasteiger partial charge on any atom is -0.466 e. The molecule has 0 N–H and O–H groups in total. The Morgan fingerprint density at radius 3 is 2.70 bits per heavy atom. The number of nitrogens with zero attached hydrogens (tertiary/aromatic N) is 2. The van der Waals surface area contributed by atoms with E-state index in [-0.39, 0.29) is 46.7 Å². The van der Waals surface area contributed by atoms with Crippen molar-refractivity contribution in [3.8, 4) is 0 Å². The molecule has 0 saturated heterocycles. The molecule has 0 fully saturated rings. The number of pyridine rings is 1. The van der Waals surface area contributed by atoms with Crippen LogP contribution in [0, 0.1) is 23.7 Å². The predicted molar refractivity (Wildman–Crippen MR) is 88.0 cm³/mol. The monoisotopic (exact) mass is 340 g/mol. The molecule has 1 aromatic heterocycles. The number of hydrogen-bond acceptors (Lipinski definition) is 3. The van der Waals surface area contributed by atoms with E-state index in [0.29, 0.717) is 6.61 Å². The Hall–Kier alpha value is -1.67. The predicted octanol–water partition coefficient (Wildman–Crippen LogP) is 4.97. The van der Waals surface area contributed by atoms with E-state index in [9.17, 15) is 9.18 Å². The summed E-state index contributed by atoms with van der Waals surface area (Å²) in [4.78, 5) is 19.0. The molecule has 1 heterocycles. The summed E-state index contributed by atoms with van der Waals surface area (Å²) in [5.74, 6) is -1.01. The van der Waals surface area contributed by atoms with Crippen LogP contribution in [0.4, 0.5) is 10.1 Å². The maximum absolute atomic E-state index is 14.2. The lowest BCUT2D eigenvalue weighted by Crippen LogP contribution is -2.29. The van der Waals surface area contributed by atoms with Crippen molar-refractivity contribution < 1.29 is 13.9 Å². The zero-order valence-electron chi connectivity index (χ0n) is 13.9. The van der Waals surface area contributed by atoms with Gasteiger partial charge in [0.15, 0.2) is 0 Å². The van der Waals surface area contributed by atoms with Crippen molar-refractivity contribution in [2.24, 2.45) is 11.3 Å². The van der Waals surface area contributed by atoms with Crippen molar-refractivity contribution in [2.45, 2.75) is 47.0 Å². The fourth-order valence-corrected chi connectivity index (χ4v) is 2.48. The number of rotatable bonds is 7. The van der Waals surface area contributed by atoms with Gasteiger partial charge in [0.1, 0.15) is 11.0 Å². The van der Waals surface area contributed by atoms with Crippen LogP contribution in [0.5, 0.6) is 0 Å². The highest BCUT2D eigenvalue weighted by Gasteiger charge is 2.31. The van der Waals surface area contributed by atoms with E-state index in [4.69, 9.17) is 22.9 Å². The number of esters is 1. The molecule has 0 aliphatic carbocycles. The molecule has 1 rings (SSSR count). The fraction of sp³-hybridized carbons (Fsp3) is 0.588. The molecule has 0 bridgehead atoms. The summed E-state index contributed by atoms with van der Waals surface area (Å²) in [5.41, 5.74) is -0.0194. The Labute approximate surface area is 141 Å². The highest BCUT2D eigenvalue weighted by molar-refractivity contribution is 6.32. The Morgan fingerprint density at radius 2 is 2.17 bits per heavy atom. The molecule has 126 valence electrons. The normalized spacial score (nSPS) is 12.6. The molecule has 0 amide bonds. The molecule has 6 heteroatoms. The van der Waals surface area contributed by atoms with Gasteiger partial charge in [-0.2, -0.15) is 0 Å². The van der Waals surface area contributed by atoms with E-state index in [1.165, 1.54) is 0 Å². The number of hydrogen-bond donors (Lipinski definition) is 0. The number of ether oxygens (including phenoxy) is 1. The minimum absolute atomic E-state index is 0.00962. The van der Waals surface area contributed by atoms with Gasteiger partial charge in [0.05, 0.1) is 18.9 Å². The first-order chi connectivity index (χ1) is 10.7. The Bertz CT molecular complexity index is 611. The summed E-state index contributed by atoms with van der Waals surface area (Å²) in [7, 11) is 0. The second-order valence-electron chi connectivity index (χ2n) is 6.09. The molecule has 0 spiro atoms. The van der Waals surface area contributed by atoms with Gasteiger partial charge in [-0.3, -0.25) is 4.79 Å². The van der Waals surface area contributed by atoms with Gasteiger partial charge in [-0.05, 0) is 30.7 Å². The molecule has 1 atom stereocenters. The lowest BCUT2D eigenvalue weighted by Gasteiger charge is -2.33. The standard InChI is InChI=1S/C17H22ClFN2O2/c1-6-17(3,4)11(9-15(22)23-7-2)8-13-12(19)10-14(20-5)16(18)21-13/h10-11H,6-9H2,1-4H3. The van der Waals surface area contributed by atoms with E-state index < -0.39 is 5.82 Å². The van der Waals surface area contributed by atoms with Crippen LogP contribution >= 0.6 is 11.6 Å². The van der Waals surface area contributed by atoms with Crippen molar-refractivity contribution in [1.82, 2.24) is 4.98 Å². The lowest BCUT2D eigenvalue weighted by molar-refractivity contribution is -0.145. The van der Waals surface area contributed by atoms with E-state index in [1.54, 1.807) is 6.92 Å². The summed E-state index contributed by atoms with van der Waals surface area (Å²) in [5, 5.41) is -0.0133. The topological polar surface area (TPSA) is 43.5 Å². The summed E-state index contributed by atoms with van der Waals surface area (Å²) >= 11 is 5.91. The van der Waals surface area contributed by atoms with Gasteiger partial charge in [0.2, 0.25) is 5.69 Å². The number of aromatic nitrogens is 1. The zero-order valence-corrected chi connectivity index (χ0v) is 14.7. The van der Waals surface area contributed by atoms with Crippen LogP contribution in [0.2, 0.25) is 5.15 Å². The molecule has 0 aliphatic heterocycles. The summed E-state index contributed by atoms with van der Waals surface area (Å²) in [6.45, 7) is 15.1. The number of halogens is 2. The van der Waals surface area contributed by atoms with E-state index in [2.05, 4.69) is 9.83 Å². The molecular formula is C17H22ClFN2O2. The van der Waals surface area contributed by atoms with Crippen molar-refractivity contribution >= 4 is 23.3 Å². The SMILES string of the molecule is [C-]#[N+]c1cc(F)c(CC(CC(=O)OCC)C(C)(C)CC)nc1Cl. The molecule has 4 nitrogen and oxygen atoms in total. The van der Waals surface area contributed by atoms with Gasteiger partial charge in [0, 0.05) is 6.42 Å². The Balaban J connectivity index is 3.09. The average molecular weight is 341 g/mol. The third-order valence-electron chi connectivity index (χ3n) is 4.28. The quantitative estimate of drug-likeness (QED) is 0.399. The van der Waals surface area contributed by atoms with Crippen molar-refractivity contribution in [3.63, 3.8) is 0 Å². The first kappa shape index (κ1) is 19.4. The molecule has 0 aliphatic rings. The van der Waals surface area contributed by atoms with Crippen LogP contribution in [-0.4, -0.2) is 17.6 Å². The molecular weight excluding hydrogens is 319 g/mol. The third-order valence-corrected chi connectivity index (χ3v) is 4.56. The summed E-state index contributed by atoms with van der Waals surface area (Å²) < 4.78 is 19.2. The van der Waals surface area contributed by atoms with E-state index in [1.807, 2.05) is 20.8 Å². The van der Waals surface area contributed by atoms with Crippen molar-refractivity contribution in [3.05, 3.63) is 34.1 Å². The second-order valence-corrected chi connectivity index (χ2v) is 6.45. The Morgan fingerprint density at radius 1 is 1.52 bits per heavy atom. The van der Waals surface area contributed by atoms with Crippen LogP contribution < -0.4 is 0 Å².